The number of carboxylic acids is 1. The van der Waals surface area contributed by atoms with E-state index in [4.69, 9.17) is 5.11 Å². The summed E-state index contributed by atoms with van der Waals surface area (Å²) in [5, 5.41) is 8.80. The Labute approximate surface area is 112 Å². The smallest absolute Gasteiger partial charge is 0.323 e. The molecule has 0 radical (unpaired) electrons. The van der Waals surface area contributed by atoms with Gasteiger partial charge in [0.2, 0.25) is 0 Å². The molecule has 0 atom stereocenters. The van der Waals surface area contributed by atoms with Gasteiger partial charge in [0.15, 0.2) is 0 Å². The molecule has 0 bridgehead atoms. The number of hydrogen-bond donors (Lipinski definition) is 1. The van der Waals surface area contributed by atoms with E-state index in [9.17, 15) is 14.0 Å². The molecule has 0 spiro atoms. The molecule has 1 saturated carbocycles. The summed E-state index contributed by atoms with van der Waals surface area (Å²) in [7, 11) is 0. The van der Waals surface area contributed by atoms with Gasteiger partial charge in [-0.3, -0.25) is 9.59 Å². The first-order chi connectivity index (χ1) is 8.49. The predicted molar refractivity (Wildman–Crippen MR) is 65.8 cm³/mol. The second-order valence-electron chi connectivity index (χ2n) is 4.18. The van der Waals surface area contributed by atoms with Crippen LogP contribution in [0.3, 0.4) is 0 Å². The number of hydrogen-bond acceptors (Lipinski definition) is 2. The Kier molecular flexibility index (Phi) is 3.65. The van der Waals surface area contributed by atoms with Crippen molar-refractivity contribution in [3.05, 3.63) is 34.1 Å². The highest BCUT2D eigenvalue weighted by Crippen LogP contribution is 2.29. The summed E-state index contributed by atoms with van der Waals surface area (Å²) in [6.07, 6.45) is 1.63. The van der Waals surface area contributed by atoms with Crippen LogP contribution in [0.4, 0.5) is 4.39 Å². The van der Waals surface area contributed by atoms with Gasteiger partial charge in [0.05, 0.1) is 5.56 Å². The summed E-state index contributed by atoms with van der Waals surface area (Å²) in [6.45, 7) is -0.326. The quantitative estimate of drug-likeness (QED) is 0.927. The van der Waals surface area contributed by atoms with E-state index in [0.29, 0.717) is 4.47 Å². The zero-order valence-corrected chi connectivity index (χ0v) is 11.0. The van der Waals surface area contributed by atoms with Crippen molar-refractivity contribution >= 4 is 27.8 Å². The fraction of sp³-hybridized carbons (Fsp3) is 0.333. The van der Waals surface area contributed by atoms with E-state index in [1.807, 2.05) is 0 Å². The molecule has 0 saturated heterocycles. The molecule has 18 heavy (non-hydrogen) atoms. The standard InChI is InChI=1S/C12H11BrFNO3/c13-10-5-7(14)1-4-9(10)12(18)15(6-11(16)17)8-2-3-8/h1,4-5,8H,2-3,6H2,(H,16,17). The van der Waals surface area contributed by atoms with E-state index in [1.54, 1.807) is 0 Å². The normalized spacial score (nSPS) is 14.3. The van der Waals surface area contributed by atoms with Crippen LogP contribution < -0.4 is 0 Å². The van der Waals surface area contributed by atoms with Crippen LogP contribution in [0, 0.1) is 5.82 Å². The number of rotatable bonds is 4. The minimum atomic E-state index is -1.05. The first kappa shape index (κ1) is 13.0. The fourth-order valence-corrected chi connectivity index (χ4v) is 2.24. The molecule has 96 valence electrons. The van der Waals surface area contributed by atoms with E-state index >= 15 is 0 Å². The Bertz CT molecular complexity index is 502. The number of carboxylic acid groups (broad SMARTS) is 1. The molecule has 1 aliphatic carbocycles. The number of carbonyl (C=O) groups excluding carboxylic acids is 1. The average Bonchev–Trinajstić information content (AvgIpc) is 3.08. The lowest BCUT2D eigenvalue weighted by atomic mass is 10.2. The molecule has 1 aliphatic rings. The summed E-state index contributed by atoms with van der Waals surface area (Å²) in [4.78, 5) is 24.3. The Morgan fingerprint density at radius 3 is 2.61 bits per heavy atom. The van der Waals surface area contributed by atoms with Crippen LogP contribution in [0.1, 0.15) is 23.2 Å². The van der Waals surface area contributed by atoms with Gasteiger partial charge in [-0.15, -0.1) is 0 Å². The molecule has 2 rings (SSSR count). The predicted octanol–water partition coefficient (Wildman–Crippen LogP) is 2.28. The summed E-state index contributed by atoms with van der Waals surface area (Å²) in [5.74, 6) is -1.88. The minimum Gasteiger partial charge on any atom is -0.480 e. The lowest BCUT2D eigenvalue weighted by Gasteiger charge is -2.20. The summed E-state index contributed by atoms with van der Waals surface area (Å²) < 4.78 is 13.3. The van der Waals surface area contributed by atoms with Crippen LogP contribution in [0.2, 0.25) is 0 Å². The van der Waals surface area contributed by atoms with E-state index in [1.165, 1.54) is 23.1 Å². The molecule has 0 aromatic heterocycles. The second-order valence-corrected chi connectivity index (χ2v) is 5.04. The van der Waals surface area contributed by atoms with E-state index < -0.39 is 11.8 Å². The maximum atomic E-state index is 12.9. The van der Waals surface area contributed by atoms with Crippen LogP contribution in [0.15, 0.2) is 22.7 Å². The molecule has 0 aliphatic heterocycles. The molecule has 1 aromatic carbocycles. The van der Waals surface area contributed by atoms with Gasteiger partial charge in [0, 0.05) is 10.5 Å². The van der Waals surface area contributed by atoms with E-state index in [-0.39, 0.29) is 24.1 Å². The van der Waals surface area contributed by atoms with Gasteiger partial charge in [-0.05, 0) is 47.0 Å². The van der Waals surface area contributed by atoms with Crippen molar-refractivity contribution in [3.8, 4) is 0 Å². The second kappa shape index (κ2) is 5.06. The third kappa shape index (κ3) is 2.87. The molecular formula is C12H11BrFNO3. The van der Waals surface area contributed by atoms with Crippen LogP contribution >= 0.6 is 15.9 Å². The van der Waals surface area contributed by atoms with Gasteiger partial charge in [0.1, 0.15) is 12.4 Å². The van der Waals surface area contributed by atoms with Crippen LogP contribution in [0.25, 0.3) is 0 Å². The monoisotopic (exact) mass is 315 g/mol. The topological polar surface area (TPSA) is 57.6 Å². The maximum Gasteiger partial charge on any atom is 0.323 e. The first-order valence-electron chi connectivity index (χ1n) is 5.47. The molecule has 6 heteroatoms. The fourth-order valence-electron chi connectivity index (χ4n) is 1.72. The third-order valence-electron chi connectivity index (χ3n) is 2.72. The van der Waals surface area contributed by atoms with Crippen molar-refractivity contribution < 1.29 is 19.1 Å². The third-order valence-corrected chi connectivity index (χ3v) is 3.37. The zero-order chi connectivity index (χ0) is 13.3. The Balaban J connectivity index is 2.24. The van der Waals surface area contributed by atoms with Crippen molar-refractivity contribution in [2.24, 2.45) is 0 Å². The minimum absolute atomic E-state index is 0.00875. The number of benzene rings is 1. The Morgan fingerprint density at radius 2 is 2.11 bits per heavy atom. The van der Waals surface area contributed by atoms with E-state index in [2.05, 4.69) is 15.9 Å². The van der Waals surface area contributed by atoms with Crippen LogP contribution in [-0.2, 0) is 4.79 Å². The highest BCUT2D eigenvalue weighted by Gasteiger charge is 2.34. The van der Waals surface area contributed by atoms with Gasteiger partial charge in [0.25, 0.3) is 5.91 Å². The van der Waals surface area contributed by atoms with Gasteiger partial charge < -0.3 is 10.0 Å². The zero-order valence-electron chi connectivity index (χ0n) is 9.40. The highest BCUT2D eigenvalue weighted by molar-refractivity contribution is 9.10. The molecule has 1 aromatic rings. The van der Waals surface area contributed by atoms with E-state index in [0.717, 1.165) is 12.8 Å². The van der Waals surface area contributed by atoms with Crippen LogP contribution in [0.5, 0.6) is 0 Å². The average molecular weight is 316 g/mol. The van der Waals surface area contributed by atoms with Crippen molar-refractivity contribution in [1.29, 1.82) is 0 Å². The van der Waals surface area contributed by atoms with Crippen molar-refractivity contribution in [3.63, 3.8) is 0 Å². The summed E-state index contributed by atoms with van der Waals surface area (Å²) in [6, 6.07) is 3.73. The molecule has 1 amide bonds. The summed E-state index contributed by atoms with van der Waals surface area (Å²) in [5.41, 5.74) is 0.282. The molecule has 1 fully saturated rings. The first-order valence-corrected chi connectivity index (χ1v) is 6.26. The van der Waals surface area contributed by atoms with Crippen molar-refractivity contribution in [2.75, 3.05) is 6.54 Å². The summed E-state index contributed by atoms with van der Waals surface area (Å²) >= 11 is 3.12. The number of halogens is 2. The van der Waals surface area contributed by atoms with Gasteiger partial charge in [-0.1, -0.05) is 0 Å². The Hall–Kier alpha value is -1.43. The number of nitrogens with zero attached hydrogens (tertiary/aromatic N) is 1. The van der Waals surface area contributed by atoms with Gasteiger partial charge in [-0.25, -0.2) is 4.39 Å². The molecule has 1 N–H and O–H groups in total. The van der Waals surface area contributed by atoms with Crippen LogP contribution in [-0.4, -0.2) is 34.5 Å². The molecule has 0 unspecified atom stereocenters. The van der Waals surface area contributed by atoms with Crippen molar-refractivity contribution in [1.82, 2.24) is 4.90 Å². The number of amides is 1. The maximum absolute atomic E-state index is 12.9. The van der Waals surface area contributed by atoms with Gasteiger partial charge in [-0.2, -0.15) is 0 Å². The Morgan fingerprint density at radius 1 is 1.44 bits per heavy atom. The SMILES string of the molecule is O=C(O)CN(C(=O)c1ccc(F)cc1Br)C1CC1. The number of carbonyl (C=O) groups is 2. The lowest BCUT2D eigenvalue weighted by Crippen LogP contribution is -2.37. The molecular weight excluding hydrogens is 305 g/mol. The molecule has 4 nitrogen and oxygen atoms in total. The van der Waals surface area contributed by atoms with Gasteiger partial charge >= 0.3 is 5.97 Å². The lowest BCUT2D eigenvalue weighted by molar-refractivity contribution is -0.137. The molecule has 0 heterocycles. The highest BCUT2D eigenvalue weighted by atomic mass is 79.9. The van der Waals surface area contributed by atoms with Crippen molar-refractivity contribution in [2.45, 2.75) is 18.9 Å². The largest absolute Gasteiger partial charge is 0.480 e. The number of aliphatic carboxylic acids is 1.